The summed E-state index contributed by atoms with van der Waals surface area (Å²) in [6, 6.07) is 3.86. The molecule has 146 valence electrons. The van der Waals surface area contributed by atoms with E-state index in [4.69, 9.17) is 4.42 Å². The Labute approximate surface area is 155 Å². The van der Waals surface area contributed by atoms with Crippen molar-refractivity contribution < 1.29 is 14.3 Å². The molecule has 1 unspecified atom stereocenters. The van der Waals surface area contributed by atoms with Crippen LogP contribution in [0, 0.1) is 6.92 Å². The maximum Gasteiger partial charge on any atom is 0.242 e. The van der Waals surface area contributed by atoms with Crippen LogP contribution in [0.15, 0.2) is 21.5 Å². The summed E-state index contributed by atoms with van der Waals surface area (Å²) in [6.07, 6.45) is 5.73. The Bertz CT molecular complexity index is 604. The molecule has 0 spiro atoms. The Kier molecular flexibility index (Phi) is 7.50. The molecular weight excluding hydrogens is 332 g/mol. The van der Waals surface area contributed by atoms with Gasteiger partial charge in [0.05, 0.1) is 6.54 Å². The van der Waals surface area contributed by atoms with Crippen LogP contribution < -0.4 is 16.0 Å². The van der Waals surface area contributed by atoms with Gasteiger partial charge in [0.1, 0.15) is 23.7 Å². The maximum atomic E-state index is 12.1. The predicted molar refractivity (Wildman–Crippen MR) is 102 cm³/mol. The van der Waals surface area contributed by atoms with E-state index in [1.165, 1.54) is 19.3 Å². The minimum atomic E-state index is -1.17. The number of carbonyl (C=O) groups excluding carboxylic acids is 1. The number of amides is 1. The molecule has 7 nitrogen and oxygen atoms in total. The van der Waals surface area contributed by atoms with Gasteiger partial charge in [-0.3, -0.25) is 4.79 Å². The van der Waals surface area contributed by atoms with Gasteiger partial charge in [-0.15, -0.1) is 0 Å². The van der Waals surface area contributed by atoms with Gasteiger partial charge in [-0.05, 0) is 45.7 Å². The Morgan fingerprint density at radius 1 is 1.31 bits per heavy atom. The fourth-order valence-electron chi connectivity index (χ4n) is 3.08. The molecule has 2 rings (SSSR count). The third-order valence-corrected chi connectivity index (χ3v) is 4.57. The fourth-order valence-corrected chi connectivity index (χ4v) is 3.08. The van der Waals surface area contributed by atoms with Crippen molar-refractivity contribution in [1.82, 2.24) is 16.0 Å². The Morgan fingerprint density at radius 2 is 2.04 bits per heavy atom. The van der Waals surface area contributed by atoms with Gasteiger partial charge < -0.3 is 25.5 Å². The number of aliphatic imine (C=N–C) groups is 1. The van der Waals surface area contributed by atoms with Gasteiger partial charge in [-0.2, -0.15) is 0 Å². The van der Waals surface area contributed by atoms with Crippen molar-refractivity contribution in [3.63, 3.8) is 0 Å². The maximum absolute atomic E-state index is 12.1. The zero-order valence-corrected chi connectivity index (χ0v) is 16.1. The van der Waals surface area contributed by atoms with Gasteiger partial charge >= 0.3 is 0 Å². The lowest BCUT2D eigenvalue weighted by Gasteiger charge is -2.23. The lowest BCUT2D eigenvalue weighted by molar-refractivity contribution is -0.120. The highest BCUT2D eigenvalue weighted by Crippen LogP contribution is 2.21. The molecule has 1 aromatic heterocycles. The summed E-state index contributed by atoms with van der Waals surface area (Å²) in [4.78, 5) is 16.4. The van der Waals surface area contributed by atoms with Crippen LogP contribution in [0.1, 0.15) is 57.5 Å². The van der Waals surface area contributed by atoms with Crippen LogP contribution in [-0.2, 0) is 10.4 Å². The van der Waals surface area contributed by atoms with E-state index in [2.05, 4.69) is 20.9 Å². The quantitative estimate of drug-likeness (QED) is 0.437. The molecule has 0 saturated heterocycles. The van der Waals surface area contributed by atoms with Crippen LogP contribution in [0.2, 0.25) is 0 Å². The highest BCUT2D eigenvalue weighted by atomic mass is 16.4. The third kappa shape index (κ3) is 6.37. The summed E-state index contributed by atoms with van der Waals surface area (Å²) >= 11 is 0. The summed E-state index contributed by atoms with van der Waals surface area (Å²) < 4.78 is 5.51. The minimum Gasteiger partial charge on any atom is -0.463 e. The van der Waals surface area contributed by atoms with Crippen LogP contribution in [0.25, 0.3) is 0 Å². The number of furan rings is 1. The largest absolute Gasteiger partial charge is 0.463 e. The van der Waals surface area contributed by atoms with E-state index in [1.807, 2.05) is 19.9 Å². The van der Waals surface area contributed by atoms with E-state index >= 15 is 0 Å². The van der Waals surface area contributed by atoms with Crippen LogP contribution in [-0.4, -0.2) is 42.6 Å². The zero-order chi connectivity index (χ0) is 19.0. The van der Waals surface area contributed by atoms with Gasteiger partial charge in [-0.25, -0.2) is 4.99 Å². The van der Waals surface area contributed by atoms with Crippen molar-refractivity contribution >= 4 is 11.9 Å². The van der Waals surface area contributed by atoms with Crippen LogP contribution in [0.5, 0.6) is 0 Å². The standard InChI is InChI=1S/C19H32N4O3/c1-4-20-18(21-12-17(24)23-15-8-6-5-7-9-15)22-13-19(3,25)16-11-10-14(2)26-16/h10-11,15,25H,4-9,12-13H2,1-3H3,(H,23,24)(H2,20,21,22). The number of nitrogens with zero attached hydrogens (tertiary/aromatic N) is 1. The number of hydrogen-bond donors (Lipinski definition) is 4. The second kappa shape index (κ2) is 9.62. The Hall–Kier alpha value is -2.02. The van der Waals surface area contributed by atoms with E-state index in [1.54, 1.807) is 13.0 Å². The number of guanidine groups is 1. The van der Waals surface area contributed by atoms with Crippen LogP contribution >= 0.6 is 0 Å². The van der Waals surface area contributed by atoms with E-state index in [0.29, 0.717) is 18.3 Å². The van der Waals surface area contributed by atoms with Crippen molar-refractivity contribution in [2.24, 2.45) is 4.99 Å². The van der Waals surface area contributed by atoms with Gasteiger partial charge in [0.2, 0.25) is 5.91 Å². The summed E-state index contributed by atoms with van der Waals surface area (Å²) in [6.45, 7) is 6.41. The SMILES string of the molecule is CCNC(=NCC(=O)NC1CCCCC1)NCC(C)(O)c1ccc(C)o1. The highest BCUT2D eigenvalue weighted by Gasteiger charge is 2.27. The monoisotopic (exact) mass is 364 g/mol. The van der Waals surface area contributed by atoms with E-state index in [0.717, 1.165) is 18.6 Å². The molecule has 0 aromatic carbocycles. The molecule has 1 fully saturated rings. The molecule has 1 aliphatic carbocycles. The number of rotatable bonds is 7. The second-order valence-corrected chi connectivity index (χ2v) is 7.14. The van der Waals surface area contributed by atoms with Gasteiger partial charge in [-0.1, -0.05) is 19.3 Å². The smallest absolute Gasteiger partial charge is 0.242 e. The number of carbonyl (C=O) groups is 1. The molecule has 1 aromatic rings. The lowest BCUT2D eigenvalue weighted by Crippen LogP contribution is -2.45. The highest BCUT2D eigenvalue weighted by molar-refractivity contribution is 5.85. The number of aliphatic hydroxyl groups is 1. The predicted octanol–water partition coefficient (Wildman–Crippen LogP) is 1.80. The van der Waals surface area contributed by atoms with Crippen molar-refractivity contribution in [3.05, 3.63) is 23.7 Å². The van der Waals surface area contributed by atoms with Crippen molar-refractivity contribution in [1.29, 1.82) is 0 Å². The third-order valence-electron chi connectivity index (χ3n) is 4.57. The molecule has 1 saturated carbocycles. The number of nitrogens with one attached hydrogen (secondary N) is 3. The molecule has 0 radical (unpaired) electrons. The number of aryl methyl sites for hydroxylation is 1. The average Bonchev–Trinajstić information content (AvgIpc) is 3.06. The molecule has 7 heteroatoms. The molecular formula is C19H32N4O3. The topological polar surface area (TPSA) is 98.9 Å². The zero-order valence-electron chi connectivity index (χ0n) is 16.1. The van der Waals surface area contributed by atoms with E-state index in [-0.39, 0.29) is 25.0 Å². The van der Waals surface area contributed by atoms with Gasteiger partial charge in [0.25, 0.3) is 0 Å². The van der Waals surface area contributed by atoms with Gasteiger partial charge in [0, 0.05) is 12.6 Å². The summed E-state index contributed by atoms with van der Waals surface area (Å²) in [5, 5.41) is 19.8. The Morgan fingerprint density at radius 3 is 2.65 bits per heavy atom. The van der Waals surface area contributed by atoms with Crippen molar-refractivity contribution in [3.8, 4) is 0 Å². The summed E-state index contributed by atoms with van der Waals surface area (Å²) in [5.41, 5.74) is -1.17. The minimum absolute atomic E-state index is 0.0633. The second-order valence-electron chi connectivity index (χ2n) is 7.14. The normalized spacial score (nSPS) is 18.2. The van der Waals surface area contributed by atoms with Crippen LogP contribution in [0.4, 0.5) is 0 Å². The first-order chi connectivity index (χ1) is 12.4. The number of hydrogen-bond acceptors (Lipinski definition) is 4. The first-order valence-electron chi connectivity index (χ1n) is 9.51. The molecule has 26 heavy (non-hydrogen) atoms. The lowest BCUT2D eigenvalue weighted by atomic mass is 9.95. The van der Waals surface area contributed by atoms with Gasteiger partial charge in [0.15, 0.2) is 5.96 Å². The molecule has 1 heterocycles. The fraction of sp³-hybridized carbons (Fsp3) is 0.684. The average molecular weight is 364 g/mol. The molecule has 1 atom stereocenters. The first-order valence-corrected chi connectivity index (χ1v) is 9.51. The first kappa shape index (κ1) is 20.3. The molecule has 1 aliphatic rings. The molecule has 0 aliphatic heterocycles. The van der Waals surface area contributed by atoms with Crippen molar-refractivity contribution in [2.75, 3.05) is 19.6 Å². The molecule has 4 N–H and O–H groups in total. The molecule has 0 bridgehead atoms. The Balaban J connectivity index is 1.86. The summed E-state index contributed by atoms with van der Waals surface area (Å²) in [7, 11) is 0. The molecule has 1 amide bonds. The summed E-state index contributed by atoms with van der Waals surface area (Å²) in [5.74, 6) is 1.67. The van der Waals surface area contributed by atoms with Crippen LogP contribution in [0.3, 0.4) is 0 Å². The van der Waals surface area contributed by atoms with E-state index < -0.39 is 5.60 Å². The van der Waals surface area contributed by atoms with E-state index in [9.17, 15) is 9.90 Å². The van der Waals surface area contributed by atoms with Crippen molar-refractivity contribution in [2.45, 2.75) is 64.5 Å².